The molecule has 2 saturated carbocycles. The molecule has 0 amide bonds. The number of aryl methyl sites for hydroxylation is 1. The van der Waals surface area contributed by atoms with Crippen LogP contribution >= 0.6 is 0 Å². The summed E-state index contributed by atoms with van der Waals surface area (Å²) >= 11 is 0. The molecule has 208 valence electrons. The molecule has 0 bridgehead atoms. The molecule has 0 aromatic carbocycles. The zero-order chi connectivity index (χ0) is 27.9. The van der Waals surface area contributed by atoms with Crippen LogP contribution in [-0.4, -0.2) is 54.8 Å². The van der Waals surface area contributed by atoms with Gasteiger partial charge in [0, 0.05) is 31.7 Å². The summed E-state index contributed by atoms with van der Waals surface area (Å²) < 4.78 is 42.0. The maximum absolute atomic E-state index is 14.2. The van der Waals surface area contributed by atoms with Crippen molar-refractivity contribution in [1.29, 1.82) is 0 Å². The molecule has 2 aliphatic carbocycles. The van der Waals surface area contributed by atoms with Gasteiger partial charge < -0.3 is 16.4 Å². The lowest BCUT2D eigenvalue weighted by Crippen LogP contribution is -2.50. The number of dihydropyridines is 1. The number of nitrogens with two attached hydrogens (primary N) is 1. The molecule has 3 aromatic rings. The van der Waals surface area contributed by atoms with E-state index in [4.69, 9.17) is 5.73 Å². The van der Waals surface area contributed by atoms with E-state index in [1.807, 2.05) is 13.2 Å². The first-order valence-electron chi connectivity index (χ1n) is 13.2. The van der Waals surface area contributed by atoms with Gasteiger partial charge in [-0.05, 0) is 50.7 Å². The molecule has 2 fully saturated rings. The van der Waals surface area contributed by atoms with Crippen LogP contribution < -0.4 is 16.4 Å². The molecule has 40 heavy (non-hydrogen) atoms. The van der Waals surface area contributed by atoms with Crippen molar-refractivity contribution in [1.82, 2.24) is 39.6 Å². The van der Waals surface area contributed by atoms with Gasteiger partial charge >= 0.3 is 0 Å². The Morgan fingerprint density at radius 2 is 2.02 bits per heavy atom. The lowest BCUT2D eigenvalue weighted by molar-refractivity contribution is 0.219. The Kier molecular flexibility index (Phi) is 6.67. The van der Waals surface area contributed by atoms with Crippen LogP contribution in [0.25, 0.3) is 11.4 Å². The minimum absolute atomic E-state index is 0.0545. The second kappa shape index (κ2) is 10.2. The van der Waals surface area contributed by atoms with Crippen molar-refractivity contribution in [2.75, 3.05) is 0 Å². The molecule has 13 heteroatoms. The monoisotopic (exact) mass is 563 g/mol. The summed E-state index contributed by atoms with van der Waals surface area (Å²) in [5.41, 5.74) is 8.63. The predicted molar refractivity (Wildman–Crippen MR) is 146 cm³/mol. The quantitative estimate of drug-likeness (QED) is 0.382. The van der Waals surface area contributed by atoms with E-state index >= 15 is 0 Å². The molecule has 3 atom stereocenters. The molecular formula is C27H30FN9O2S. The van der Waals surface area contributed by atoms with Gasteiger partial charge in [0.05, 0.1) is 51.9 Å². The summed E-state index contributed by atoms with van der Waals surface area (Å²) in [6.07, 6.45) is 14.5. The fourth-order valence-electron chi connectivity index (χ4n) is 4.90. The second-order valence-corrected chi connectivity index (χ2v) is 12.6. The van der Waals surface area contributed by atoms with Crippen LogP contribution in [0.15, 0.2) is 60.6 Å². The van der Waals surface area contributed by atoms with Gasteiger partial charge in [-0.2, -0.15) is 14.3 Å². The van der Waals surface area contributed by atoms with Crippen molar-refractivity contribution < 1.29 is 12.8 Å². The summed E-state index contributed by atoms with van der Waals surface area (Å²) in [6, 6.07) is 1.63. The van der Waals surface area contributed by atoms with Crippen molar-refractivity contribution in [3.8, 4) is 23.2 Å². The van der Waals surface area contributed by atoms with Gasteiger partial charge in [-0.25, -0.2) is 22.8 Å². The van der Waals surface area contributed by atoms with Gasteiger partial charge in [0.2, 0.25) is 0 Å². The molecule has 11 nitrogen and oxygen atoms in total. The van der Waals surface area contributed by atoms with Crippen molar-refractivity contribution >= 4 is 10.0 Å². The number of halogens is 1. The van der Waals surface area contributed by atoms with Gasteiger partial charge in [-0.15, -0.1) is 0 Å². The van der Waals surface area contributed by atoms with Crippen LogP contribution in [0.5, 0.6) is 0 Å². The first-order chi connectivity index (χ1) is 19.2. The van der Waals surface area contributed by atoms with E-state index in [-0.39, 0.29) is 11.3 Å². The number of allylic oxidation sites excluding steroid dienone is 1. The molecule has 4 N–H and O–H groups in total. The number of nitrogens with one attached hydrogen (secondary N) is 2. The number of rotatable bonds is 6. The van der Waals surface area contributed by atoms with Crippen LogP contribution in [0, 0.1) is 11.8 Å². The van der Waals surface area contributed by atoms with Gasteiger partial charge in [0.15, 0.2) is 11.5 Å². The average molecular weight is 564 g/mol. The Bertz CT molecular complexity index is 1660. The Morgan fingerprint density at radius 1 is 1.18 bits per heavy atom. The molecule has 4 heterocycles. The molecule has 3 aliphatic rings. The third kappa shape index (κ3) is 5.37. The van der Waals surface area contributed by atoms with E-state index in [9.17, 15) is 12.8 Å². The van der Waals surface area contributed by atoms with E-state index < -0.39 is 21.9 Å². The predicted octanol–water partition coefficient (Wildman–Crippen LogP) is 1.82. The smallest absolute Gasteiger partial charge is 0.256 e. The molecule has 6 rings (SSSR count). The second-order valence-electron chi connectivity index (χ2n) is 10.5. The van der Waals surface area contributed by atoms with Crippen molar-refractivity contribution in [2.24, 2.45) is 12.8 Å². The molecule has 3 unspecified atom stereocenters. The minimum atomic E-state index is -3.51. The molecule has 0 spiro atoms. The normalized spacial score (nSPS) is 24.8. The SMILES string of the molecule is Cn1cc(C#CC2=CNC(N)(c3ccnc(-c4cnn(S(=O)(=O)C5CC5)c4)n3)C=C2NC2CCCC(F)C2)cn1. The summed E-state index contributed by atoms with van der Waals surface area (Å²) in [6.45, 7) is 0. The van der Waals surface area contributed by atoms with Crippen molar-refractivity contribution in [2.45, 2.75) is 61.7 Å². The third-order valence-electron chi connectivity index (χ3n) is 7.24. The molecule has 0 saturated heterocycles. The molecule has 1 aliphatic heterocycles. The Labute approximate surface area is 231 Å². The number of hydrogen-bond donors (Lipinski definition) is 3. The third-order valence-corrected chi connectivity index (χ3v) is 9.27. The number of nitrogens with zero attached hydrogens (tertiary/aromatic N) is 6. The highest BCUT2D eigenvalue weighted by molar-refractivity contribution is 7.90. The van der Waals surface area contributed by atoms with Crippen LogP contribution in [-0.2, 0) is 22.7 Å². The topological polar surface area (TPSA) is 146 Å². The van der Waals surface area contributed by atoms with E-state index in [1.54, 1.807) is 35.4 Å². The number of aromatic nitrogens is 6. The first-order valence-corrected chi connectivity index (χ1v) is 14.7. The first kappa shape index (κ1) is 26.2. The zero-order valence-corrected chi connectivity index (χ0v) is 22.8. The highest BCUT2D eigenvalue weighted by Gasteiger charge is 2.38. The highest BCUT2D eigenvalue weighted by Crippen LogP contribution is 2.31. The Morgan fingerprint density at radius 3 is 2.77 bits per heavy atom. The zero-order valence-electron chi connectivity index (χ0n) is 22.0. The fraction of sp³-hybridized carbons (Fsp3) is 0.407. The van der Waals surface area contributed by atoms with E-state index in [0.717, 1.165) is 22.5 Å². The summed E-state index contributed by atoms with van der Waals surface area (Å²) in [4.78, 5) is 8.98. The highest BCUT2D eigenvalue weighted by atomic mass is 32.2. The lowest BCUT2D eigenvalue weighted by atomic mass is 9.92. The van der Waals surface area contributed by atoms with Gasteiger partial charge in [0.25, 0.3) is 10.0 Å². The Balaban J connectivity index is 1.31. The molecule has 0 radical (unpaired) electrons. The summed E-state index contributed by atoms with van der Waals surface area (Å²) in [5.74, 6) is 6.58. The van der Waals surface area contributed by atoms with E-state index in [0.29, 0.717) is 54.0 Å². The van der Waals surface area contributed by atoms with Crippen LogP contribution in [0.1, 0.15) is 49.8 Å². The maximum Gasteiger partial charge on any atom is 0.256 e. The van der Waals surface area contributed by atoms with Gasteiger partial charge in [0.1, 0.15) is 6.17 Å². The van der Waals surface area contributed by atoms with E-state index in [2.05, 4.69) is 42.6 Å². The number of alkyl halides is 1. The standard InChI is InChI=1S/C27H30FN9O2S/c1-36-16-18(13-32-36)5-6-19-14-31-27(29,12-24(19)34-22-4-2-3-21(28)11-22)25-9-10-30-26(35-25)20-15-33-37(17-20)40(38,39)23-7-8-23/h9-10,12-17,21-23,31,34H,2-4,7-8,11,29H2,1H3. The summed E-state index contributed by atoms with van der Waals surface area (Å²) in [5, 5.41) is 14.5. The lowest BCUT2D eigenvalue weighted by Gasteiger charge is -2.34. The minimum Gasteiger partial charge on any atom is -0.381 e. The van der Waals surface area contributed by atoms with Crippen molar-refractivity contribution in [3.05, 3.63) is 71.9 Å². The maximum atomic E-state index is 14.2. The van der Waals surface area contributed by atoms with Crippen LogP contribution in [0.3, 0.4) is 0 Å². The Hall–Kier alpha value is -4.02. The fourth-order valence-corrected chi connectivity index (χ4v) is 6.38. The van der Waals surface area contributed by atoms with Gasteiger partial charge in [-0.1, -0.05) is 11.8 Å². The molecular weight excluding hydrogens is 533 g/mol. The summed E-state index contributed by atoms with van der Waals surface area (Å²) in [7, 11) is -1.68. The largest absolute Gasteiger partial charge is 0.381 e. The van der Waals surface area contributed by atoms with Gasteiger partial charge in [-0.3, -0.25) is 4.68 Å². The molecule has 3 aromatic heterocycles. The van der Waals surface area contributed by atoms with E-state index in [1.165, 1.54) is 12.4 Å². The van der Waals surface area contributed by atoms with Crippen LogP contribution in [0.4, 0.5) is 4.39 Å². The van der Waals surface area contributed by atoms with Crippen molar-refractivity contribution in [3.63, 3.8) is 0 Å². The van der Waals surface area contributed by atoms with Crippen LogP contribution in [0.2, 0.25) is 0 Å². The number of hydrogen-bond acceptors (Lipinski definition) is 9. The average Bonchev–Trinajstić information content (AvgIpc) is 3.54.